The molecule has 0 aliphatic carbocycles. The number of amides is 1. The molecule has 0 saturated carbocycles. The van der Waals surface area contributed by atoms with E-state index >= 15 is 0 Å². The third kappa shape index (κ3) is 6.86. The SMILES string of the molecule is COC(=O)CCC(=O)N(C)C[C@H]1CCCN(CCc2ccccc2OC)C1. The smallest absolute Gasteiger partial charge is 0.306 e. The molecular weight excluding hydrogens is 344 g/mol. The van der Waals surface area contributed by atoms with E-state index in [4.69, 9.17) is 4.74 Å². The summed E-state index contributed by atoms with van der Waals surface area (Å²) in [5, 5.41) is 0. The standard InChI is InChI=1S/C21H32N2O4/c1-22(20(24)10-11-21(25)27-3)15-17-7-6-13-23(16-17)14-12-18-8-4-5-9-19(18)26-2/h4-5,8-9,17H,6-7,10-16H2,1-3H3/t17-/m1/s1. The number of ether oxygens (including phenoxy) is 2. The van der Waals surface area contributed by atoms with Gasteiger partial charge in [0, 0.05) is 33.1 Å². The summed E-state index contributed by atoms with van der Waals surface area (Å²) in [6, 6.07) is 8.16. The molecule has 150 valence electrons. The number of hydrogen-bond donors (Lipinski definition) is 0. The van der Waals surface area contributed by atoms with Gasteiger partial charge in [0.1, 0.15) is 5.75 Å². The lowest BCUT2D eigenvalue weighted by Crippen LogP contribution is -2.42. The number of para-hydroxylation sites is 1. The second kappa shape index (κ2) is 10.9. The van der Waals surface area contributed by atoms with Crippen LogP contribution in [0.1, 0.15) is 31.2 Å². The monoisotopic (exact) mass is 376 g/mol. The van der Waals surface area contributed by atoms with E-state index in [-0.39, 0.29) is 24.7 Å². The van der Waals surface area contributed by atoms with Crippen LogP contribution < -0.4 is 4.74 Å². The average Bonchev–Trinajstić information content (AvgIpc) is 2.70. The lowest BCUT2D eigenvalue weighted by Gasteiger charge is -2.34. The number of hydrogen-bond acceptors (Lipinski definition) is 5. The van der Waals surface area contributed by atoms with E-state index in [0.717, 1.165) is 51.2 Å². The number of esters is 1. The Balaban J connectivity index is 1.78. The van der Waals surface area contributed by atoms with Gasteiger partial charge in [0.15, 0.2) is 0 Å². The number of methoxy groups -OCH3 is 2. The number of carbonyl (C=O) groups excluding carboxylic acids is 2. The number of carbonyl (C=O) groups is 2. The van der Waals surface area contributed by atoms with E-state index in [1.807, 2.05) is 25.2 Å². The number of benzene rings is 1. The average molecular weight is 376 g/mol. The highest BCUT2D eigenvalue weighted by molar-refractivity contribution is 5.81. The Morgan fingerprint density at radius 3 is 2.74 bits per heavy atom. The molecule has 1 atom stereocenters. The van der Waals surface area contributed by atoms with Crippen molar-refractivity contribution in [2.75, 3.05) is 47.4 Å². The molecule has 1 amide bonds. The number of nitrogens with zero attached hydrogens (tertiary/aromatic N) is 2. The molecule has 1 aliphatic rings. The van der Waals surface area contributed by atoms with E-state index in [2.05, 4.69) is 15.7 Å². The molecule has 6 heteroatoms. The Kier molecular flexibility index (Phi) is 8.58. The molecule has 6 nitrogen and oxygen atoms in total. The minimum absolute atomic E-state index is 0.00606. The van der Waals surface area contributed by atoms with Crippen LogP contribution in [0.2, 0.25) is 0 Å². The first kappa shape index (κ1) is 21.2. The van der Waals surface area contributed by atoms with Gasteiger partial charge >= 0.3 is 5.97 Å². The van der Waals surface area contributed by atoms with E-state index in [1.54, 1.807) is 12.0 Å². The zero-order valence-corrected chi connectivity index (χ0v) is 16.8. The Morgan fingerprint density at radius 2 is 2.00 bits per heavy atom. The van der Waals surface area contributed by atoms with Crippen LogP contribution in [0, 0.1) is 5.92 Å². The maximum atomic E-state index is 12.2. The molecule has 2 rings (SSSR count). The minimum Gasteiger partial charge on any atom is -0.496 e. The van der Waals surface area contributed by atoms with Crippen molar-refractivity contribution >= 4 is 11.9 Å². The van der Waals surface area contributed by atoms with Gasteiger partial charge < -0.3 is 19.3 Å². The number of likely N-dealkylation sites (tertiary alicyclic amines) is 1. The fourth-order valence-electron chi connectivity index (χ4n) is 3.68. The zero-order valence-electron chi connectivity index (χ0n) is 16.8. The first-order chi connectivity index (χ1) is 13.0. The Morgan fingerprint density at radius 1 is 1.22 bits per heavy atom. The highest BCUT2D eigenvalue weighted by Crippen LogP contribution is 2.21. The fourth-order valence-corrected chi connectivity index (χ4v) is 3.68. The Bertz CT molecular complexity index is 620. The third-order valence-corrected chi connectivity index (χ3v) is 5.22. The molecular formula is C21H32N2O4. The van der Waals surface area contributed by atoms with E-state index in [9.17, 15) is 9.59 Å². The highest BCUT2D eigenvalue weighted by Gasteiger charge is 2.23. The molecule has 1 aliphatic heterocycles. The zero-order chi connectivity index (χ0) is 19.6. The van der Waals surface area contributed by atoms with E-state index in [1.165, 1.54) is 12.7 Å². The molecule has 27 heavy (non-hydrogen) atoms. The van der Waals surface area contributed by atoms with Gasteiger partial charge in [0.25, 0.3) is 0 Å². The van der Waals surface area contributed by atoms with Crippen LogP contribution in [0.3, 0.4) is 0 Å². The number of rotatable bonds is 9. The van der Waals surface area contributed by atoms with Crippen LogP contribution in [0.15, 0.2) is 24.3 Å². The number of piperidine rings is 1. The van der Waals surface area contributed by atoms with Crippen molar-refractivity contribution in [3.63, 3.8) is 0 Å². The predicted octanol–water partition coefficient (Wildman–Crippen LogP) is 2.36. The van der Waals surface area contributed by atoms with Crippen molar-refractivity contribution < 1.29 is 19.1 Å². The van der Waals surface area contributed by atoms with Crippen molar-refractivity contribution in [2.24, 2.45) is 5.92 Å². The van der Waals surface area contributed by atoms with Crippen LogP contribution >= 0.6 is 0 Å². The highest BCUT2D eigenvalue weighted by atomic mass is 16.5. The summed E-state index contributed by atoms with van der Waals surface area (Å²) >= 11 is 0. The van der Waals surface area contributed by atoms with Gasteiger partial charge in [-0.25, -0.2) is 0 Å². The van der Waals surface area contributed by atoms with Crippen LogP contribution in [0.4, 0.5) is 0 Å². The second-order valence-electron chi connectivity index (χ2n) is 7.22. The molecule has 1 heterocycles. The molecule has 0 radical (unpaired) electrons. The molecule has 0 bridgehead atoms. The summed E-state index contributed by atoms with van der Waals surface area (Å²) in [7, 11) is 4.88. The van der Waals surface area contributed by atoms with Gasteiger partial charge in [-0.05, 0) is 43.4 Å². The summed E-state index contributed by atoms with van der Waals surface area (Å²) in [6.07, 6.45) is 3.62. The molecule has 0 N–H and O–H groups in total. The maximum Gasteiger partial charge on any atom is 0.306 e. The summed E-state index contributed by atoms with van der Waals surface area (Å²) in [5.41, 5.74) is 1.23. The molecule has 0 unspecified atom stereocenters. The fraction of sp³-hybridized carbons (Fsp3) is 0.619. The largest absolute Gasteiger partial charge is 0.496 e. The van der Waals surface area contributed by atoms with Gasteiger partial charge in [-0.15, -0.1) is 0 Å². The molecule has 1 saturated heterocycles. The molecule has 1 aromatic rings. The minimum atomic E-state index is -0.336. The van der Waals surface area contributed by atoms with E-state index in [0.29, 0.717) is 5.92 Å². The lowest BCUT2D eigenvalue weighted by atomic mass is 9.97. The first-order valence-electron chi connectivity index (χ1n) is 9.68. The van der Waals surface area contributed by atoms with Crippen molar-refractivity contribution in [1.82, 2.24) is 9.80 Å². The van der Waals surface area contributed by atoms with Crippen LogP contribution in [-0.4, -0.2) is 69.1 Å². The summed E-state index contributed by atoms with van der Waals surface area (Å²) in [4.78, 5) is 27.6. The van der Waals surface area contributed by atoms with Crippen molar-refractivity contribution in [3.8, 4) is 5.75 Å². The van der Waals surface area contributed by atoms with Crippen LogP contribution in [0.5, 0.6) is 5.75 Å². The Hall–Kier alpha value is -2.08. The topological polar surface area (TPSA) is 59.1 Å². The van der Waals surface area contributed by atoms with Gasteiger partial charge in [-0.2, -0.15) is 0 Å². The van der Waals surface area contributed by atoms with Gasteiger partial charge in [-0.1, -0.05) is 18.2 Å². The van der Waals surface area contributed by atoms with Crippen molar-refractivity contribution in [3.05, 3.63) is 29.8 Å². The van der Waals surface area contributed by atoms with Crippen molar-refractivity contribution in [1.29, 1.82) is 0 Å². The van der Waals surface area contributed by atoms with Crippen LogP contribution in [0.25, 0.3) is 0 Å². The van der Waals surface area contributed by atoms with E-state index < -0.39 is 0 Å². The molecule has 0 spiro atoms. The Labute approximate surface area is 162 Å². The predicted molar refractivity (Wildman–Crippen MR) is 105 cm³/mol. The molecule has 1 fully saturated rings. The molecule has 0 aromatic heterocycles. The third-order valence-electron chi connectivity index (χ3n) is 5.22. The van der Waals surface area contributed by atoms with Gasteiger partial charge in [-0.3, -0.25) is 9.59 Å². The summed E-state index contributed by atoms with van der Waals surface area (Å²) in [5.74, 6) is 1.09. The maximum absolute atomic E-state index is 12.2. The lowest BCUT2D eigenvalue weighted by molar-refractivity contribution is -0.143. The van der Waals surface area contributed by atoms with Gasteiger partial charge in [0.2, 0.25) is 5.91 Å². The van der Waals surface area contributed by atoms with Gasteiger partial charge in [0.05, 0.1) is 20.6 Å². The summed E-state index contributed by atoms with van der Waals surface area (Å²) in [6.45, 7) is 3.84. The quantitative estimate of drug-likeness (QED) is 0.619. The first-order valence-corrected chi connectivity index (χ1v) is 9.68. The van der Waals surface area contributed by atoms with Crippen molar-refractivity contribution in [2.45, 2.75) is 32.1 Å². The molecule has 1 aromatic carbocycles. The normalized spacial score (nSPS) is 17.4. The second-order valence-corrected chi connectivity index (χ2v) is 7.22. The summed E-state index contributed by atoms with van der Waals surface area (Å²) < 4.78 is 10.0. The van der Waals surface area contributed by atoms with Crippen LogP contribution in [-0.2, 0) is 20.7 Å².